The molecule has 184 valence electrons. The standard InChI is InChI=1S/C26H35N3O3S2/c1-7-14-29-23-13-8-20(6)15-24(23)33-26(29)27-25(30)21-9-11-22(12-10-21)34(31,32)28(16-18(2)3)17-19(4)5/h8-13,15,18-19H,7,14,16-17H2,1-6H3. The Morgan fingerprint density at radius 2 is 1.65 bits per heavy atom. The summed E-state index contributed by atoms with van der Waals surface area (Å²) in [5, 5.41) is 0. The molecule has 0 bridgehead atoms. The average molecular weight is 502 g/mol. The molecular weight excluding hydrogens is 466 g/mol. The normalized spacial score (nSPS) is 13.0. The summed E-state index contributed by atoms with van der Waals surface area (Å²) in [6.45, 7) is 13.9. The second-order valence-electron chi connectivity index (χ2n) is 9.56. The first-order valence-corrected chi connectivity index (χ1v) is 14.1. The molecule has 1 aromatic heterocycles. The molecule has 0 aliphatic carbocycles. The molecule has 0 spiro atoms. The Kier molecular flexibility index (Phi) is 8.49. The van der Waals surface area contributed by atoms with Crippen molar-refractivity contribution < 1.29 is 13.2 Å². The molecule has 0 fully saturated rings. The van der Waals surface area contributed by atoms with Crippen molar-refractivity contribution in [2.45, 2.75) is 59.4 Å². The van der Waals surface area contributed by atoms with E-state index in [9.17, 15) is 13.2 Å². The zero-order valence-corrected chi connectivity index (χ0v) is 22.5. The highest BCUT2D eigenvalue weighted by molar-refractivity contribution is 7.89. The highest BCUT2D eigenvalue weighted by Gasteiger charge is 2.26. The molecule has 2 aromatic carbocycles. The lowest BCUT2D eigenvalue weighted by Gasteiger charge is -2.25. The summed E-state index contributed by atoms with van der Waals surface area (Å²) in [7, 11) is -3.64. The van der Waals surface area contributed by atoms with Crippen LogP contribution in [0.25, 0.3) is 10.2 Å². The third kappa shape index (κ3) is 6.03. The minimum absolute atomic E-state index is 0.198. The quantitative estimate of drug-likeness (QED) is 0.391. The van der Waals surface area contributed by atoms with Crippen molar-refractivity contribution in [1.82, 2.24) is 8.87 Å². The number of thiazole rings is 1. The summed E-state index contributed by atoms with van der Waals surface area (Å²) in [5.41, 5.74) is 2.60. The van der Waals surface area contributed by atoms with E-state index in [1.54, 1.807) is 12.1 Å². The second-order valence-corrected chi connectivity index (χ2v) is 12.5. The Labute approximate surface area is 207 Å². The zero-order valence-electron chi connectivity index (χ0n) is 20.9. The molecule has 3 rings (SSSR count). The number of amides is 1. The second kappa shape index (κ2) is 11.0. The molecule has 1 heterocycles. The van der Waals surface area contributed by atoms with Gasteiger partial charge in [-0.05, 0) is 67.1 Å². The number of hydrogen-bond acceptors (Lipinski definition) is 4. The molecular formula is C26H35N3O3S2. The lowest BCUT2D eigenvalue weighted by molar-refractivity contribution is 0.0997. The highest BCUT2D eigenvalue weighted by atomic mass is 32.2. The van der Waals surface area contributed by atoms with Gasteiger partial charge in [-0.1, -0.05) is 52.0 Å². The number of rotatable bonds is 9. The summed E-state index contributed by atoms with van der Waals surface area (Å²) in [6, 6.07) is 12.4. The molecule has 0 aliphatic heterocycles. The van der Waals surface area contributed by atoms with Crippen molar-refractivity contribution in [2.24, 2.45) is 16.8 Å². The van der Waals surface area contributed by atoms with Crippen LogP contribution in [0.3, 0.4) is 0 Å². The minimum atomic E-state index is -3.64. The largest absolute Gasteiger partial charge is 0.316 e. The van der Waals surface area contributed by atoms with Crippen molar-refractivity contribution in [2.75, 3.05) is 13.1 Å². The number of carbonyl (C=O) groups excluding carboxylic acids is 1. The van der Waals surface area contributed by atoms with Crippen LogP contribution < -0.4 is 4.80 Å². The summed E-state index contributed by atoms with van der Waals surface area (Å²) in [5.74, 6) is 0.0551. The van der Waals surface area contributed by atoms with Gasteiger partial charge in [-0.15, -0.1) is 0 Å². The van der Waals surface area contributed by atoms with Crippen LogP contribution in [0.2, 0.25) is 0 Å². The van der Waals surface area contributed by atoms with Gasteiger partial charge in [-0.3, -0.25) is 4.79 Å². The van der Waals surface area contributed by atoms with E-state index in [-0.39, 0.29) is 22.6 Å². The van der Waals surface area contributed by atoms with Crippen LogP contribution in [0.5, 0.6) is 0 Å². The molecule has 1 amide bonds. The molecule has 0 saturated carbocycles. The van der Waals surface area contributed by atoms with Gasteiger partial charge in [-0.2, -0.15) is 9.30 Å². The van der Waals surface area contributed by atoms with E-state index in [4.69, 9.17) is 0 Å². The molecule has 0 saturated heterocycles. The van der Waals surface area contributed by atoms with E-state index in [0.29, 0.717) is 23.5 Å². The number of hydrogen-bond donors (Lipinski definition) is 0. The average Bonchev–Trinajstić information content (AvgIpc) is 3.09. The van der Waals surface area contributed by atoms with Crippen LogP contribution >= 0.6 is 11.3 Å². The maximum absolute atomic E-state index is 13.2. The molecule has 0 aliphatic rings. The van der Waals surface area contributed by atoms with Gasteiger partial charge in [0.2, 0.25) is 10.0 Å². The lowest BCUT2D eigenvalue weighted by atomic mass is 10.2. The predicted molar refractivity (Wildman–Crippen MR) is 140 cm³/mol. The van der Waals surface area contributed by atoms with Crippen molar-refractivity contribution in [1.29, 1.82) is 0 Å². The van der Waals surface area contributed by atoms with Crippen molar-refractivity contribution in [3.05, 3.63) is 58.4 Å². The first-order valence-electron chi connectivity index (χ1n) is 11.8. The minimum Gasteiger partial charge on any atom is -0.316 e. The Balaban J connectivity index is 1.94. The smallest absolute Gasteiger partial charge is 0.279 e. The molecule has 8 heteroatoms. The molecule has 6 nitrogen and oxygen atoms in total. The van der Waals surface area contributed by atoms with Crippen molar-refractivity contribution in [3.63, 3.8) is 0 Å². The van der Waals surface area contributed by atoms with Gasteiger partial charge >= 0.3 is 0 Å². The van der Waals surface area contributed by atoms with Gasteiger partial charge in [0.15, 0.2) is 4.80 Å². The Morgan fingerprint density at radius 3 is 2.21 bits per heavy atom. The SMILES string of the molecule is CCCn1c(=NC(=O)c2ccc(S(=O)(=O)N(CC(C)C)CC(C)C)cc2)sc2cc(C)ccc21. The third-order valence-corrected chi connectivity index (χ3v) is 8.25. The van der Waals surface area contributed by atoms with Crippen LogP contribution in [-0.2, 0) is 16.6 Å². The fraction of sp³-hybridized carbons (Fsp3) is 0.462. The van der Waals surface area contributed by atoms with E-state index < -0.39 is 10.0 Å². The molecule has 3 aromatic rings. The van der Waals surface area contributed by atoms with E-state index >= 15 is 0 Å². The van der Waals surface area contributed by atoms with Crippen LogP contribution in [-0.4, -0.2) is 36.3 Å². The number of carbonyl (C=O) groups is 1. The topological polar surface area (TPSA) is 71.7 Å². The highest BCUT2D eigenvalue weighted by Crippen LogP contribution is 2.21. The molecule has 0 atom stereocenters. The number of fused-ring (bicyclic) bond motifs is 1. The van der Waals surface area contributed by atoms with Gasteiger partial charge in [0.1, 0.15) is 0 Å². The van der Waals surface area contributed by atoms with Crippen molar-refractivity contribution >= 4 is 37.5 Å². The summed E-state index contributed by atoms with van der Waals surface area (Å²) >= 11 is 1.50. The number of nitrogens with zero attached hydrogens (tertiary/aromatic N) is 3. The summed E-state index contributed by atoms with van der Waals surface area (Å²) < 4.78 is 31.2. The molecule has 0 radical (unpaired) electrons. The van der Waals surface area contributed by atoms with Gasteiger partial charge in [-0.25, -0.2) is 8.42 Å². The van der Waals surface area contributed by atoms with Gasteiger partial charge in [0.25, 0.3) is 5.91 Å². The van der Waals surface area contributed by atoms with E-state index in [0.717, 1.165) is 28.7 Å². The van der Waals surface area contributed by atoms with E-state index in [1.807, 2.05) is 34.6 Å². The Hall–Kier alpha value is -2.29. The van der Waals surface area contributed by atoms with Gasteiger partial charge in [0, 0.05) is 25.2 Å². The van der Waals surface area contributed by atoms with Crippen LogP contribution in [0.15, 0.2) is 52.4 Å². The predicted octanol–water partition coefficient (Wildman–Crippen LogP) is 5.47. The summed E-state index contributed by atoms with van der Waals surface area (Å²) in [6.07, 6.45) is 0.927. The molecule has 34 heavy (non-hydrogen) atoms. The van der Waals surface area contributed by atoms with E-state index in [1.165, 1.54) is 27.8 Å². The fourth-order valence-corrected chi connectivity index (χ4v) is 6.78. The fourth-order valence-electron chi connectivity index (χ4n) is 3.86. The molecule has 0 N–H and O–H groups in total. The Bertz CT molecular complexity index is 1310. The zero-order chi connectivity index (χ0) is 25.0. The van der Waals surface area contributed by atoms with Crippen LogP contribution in [0.4, 0.5) is 0 Å². The van der Waals surface area contributed by atoms with Gasteiger partial charge < -0.3 is 4.57 Å². The van der Waals surface area contributed by atoms with Crippen LogP contribution in [0.1, 0.15) is 57.0 Å². The Morgan fingerprint density at radius 1 is 1.03 bits per heavy atom. The number of sulfonamides is 1. The third-order valence-electron chi connectivity index (χ3n) is 5.36. The number of aryl methyl sites for hydroxylation is 2. The number of benzene rings is 2. The maximum atomic E-state index is 13.2. The van der Waals surface area contributed by atoms with Crippen LogP contribution in [0, 0.1) is 18.8 Å². The first-order chi connectivity index (χ1) is 16.0. The molecule has 0 unspecified atom stereocenters. The van der Waals surface area contributed by atoms with Gasteiger partial charge in [0.05, 0.1) is 15.1 Å². The summed E-state index contributed by atoms with van der Waals surface area (Å²) in [4.78, 5) is 18.2. The lowest BCUT2D eigenvalue weighted by Crippen LogP contribution is -2.37. The number of aromatic nitrogens is 1. The first kappa shape index (κ1) is 26.3. The monoisotopic (exact) mass is 501 g/mol. The van der Waals surface area contributed by atoms with Crippen molar-refractivity contribution in [3.8, 4) is 0 Å². The maximum Gasteiger partial charge on any atom is 0.279 e. The van der Waals surface area contributed by atoms with E-state index in [2.05, 4.69) is 34.7 Å².